The van der Waals surface area contributed by atoms with Crippen LogP contribution in [0.15, 0.2) is 54.6 Å². The van der Waals surface area contributed by atoms with Gasteiger partial charge in [0.2, 0.25) is 0 Å². The van der Waals surface area contributed by atoms with Crippen LogP contribution in [0.25, 0.3) is 11.1 Å². The largest absolute Gasteiger partial charge is 0.316 e. The van der Waals surface area contributed by atoms with Crippen molar-refractivity contribution < 1.29 is 0 Å². The Kier molecular flexibility index (Phi) is 4.46. The van der Waals surface area contributed by atoms with Crippen molar-refractivity contribution in [1.82, 2.24) is 10.6 Å². The third-order valence-electron chi connectivity index (χ3n) is 3.95. The maximum absolute atomic E-state index is 3.54. The third-order valence-corrected chi connectivity index (χ3v) is 3.95. The van der Waals surface area contributed by atoms with E-state index < -0.39 is 0 Å². The fourth-order valence-electron chi connectivity index (χ4n) is 2.53. The number of rotatable bonds is 6. The average molecular weight is 266 g/mol. The highest BCUT2D eigenvalue weighted by molar-refractivity contribution is 5.63. The van der Waals surface area contributed by atoms with Crippen LogP contribution >= 0.6 is 0 Å². The quantitative estimate of drug-likeness (QED) is 0.786. The molecule has 0 unspecified atom stereocenters. The first-order valence-corrected chi connectivity index (χ1v) is 7.47. The molecule has 2 N–H and O–H groups in total. The van der Waals surface area contributed by atoms with Gasteiger partial charge in [0.05, 0.1) is 0 Å². The van der Waals surface area contributed by atoms with E-state index in [0.29, 0.717) is 0 Å². The van der Waals surface area contributed by atoms with Crippen LogP contribution in [-0.2, 0) is 6.42 Å². The highest BCUT2D eigenvalue weighted by Crippen LogP contribution is 2.19. The van der Waals surface area contributed by atoms with Gasteiger partial charge in [-0.3, -0.25) is 0 Å². The van der Waals surface area contributed by atoms with Crippen molar-refractivity contribution in [3.05, 3.63) is 60.2 Å². The first-order chi connectivity index (χ1) is 9.92. The van der Waals surface area contributed by atoms with E-state index in [9.17, 15) is 0 Å². The maximum atomic E-state index is 3.54. The summed E-state index contributed by atoms with van der Waals surface area (Å²) in [6, 6.07) is 19.5. The summed E-state index contributed by atoms with van der Waals surface area (Å²) in [5.74, 6) is 0.843. The minimum Gasteiger partial charge on any atom is -0.316 e. The first kappa shape index (κ1) is 13.3. The van der Waals surface area contributed by atoms with Gasteiger partial charge in [-0.25, -0.2) is 0 Å². The molecule has 3 rings (SSSR count). The zero-order chi connectivity index (χ0) is 13.6. The van der Waals surface area contributed by atoms with E-state index in [1.165, 1.54) is 29.8 Å². The van der Waals surface area contributed by atoms with Crippen LogP contribution in [0.2, 0.25) is 0 Å². The van der Waals surface area contributed by atoms with Gasteiger partial charge in [0.1, 0.15) is 0 Å². The molecule has 1 heterocycles. The lowest BCUT2D eigenvalue weighted by Crippen LogP contribution is -2.47. The van der Waals surface area contributed by atoms with E-state index in [0.717, 1.165) is 25.4 Å². The van der Waals surface area contributed by atoms with Crippen molar-refractivity contribution in [3.63, 3.8) is 0 Å². The summed E-state index contributed by atoms with van der Waals surface area (Å²) >= 11 is 0. The molecule has 0 aliphatic carbocycles. The monoisotopic (exact) mass is 266 g/mol. The molecule has 0 amide bonds. The fraction of sp³-hybridized carbons (Fsp3) is 0.333. The normalized spacial score (nSPS) is 15.0. The van der Waals surface area contributed by atoms with Gasteiger partial charge in [0, 0.05) is 19.6 Å². The van der Waals surface area contributed by atoms with E-state index in [2.05, 4.69) is 65.2 Å². The highest BCUT2D eigenvalue weighted by Gasteiger charge is 2.15. The van der Waals surface area contributed by atoms with Gasteiger partial charge in [-0.15, -0.1) is 0 Å². The van der Waals surface area contributed by atoms with Gasteiger partial charge >= 0.3 is 0 Å². The zero-order valence-corrected chi connectivity index (χ0v) is 11.8. The molecule has 0 spiro atoms. The molecular formula is C18H22N2. The Hall–Kier alpha value is -1.64. The Morgan fingerprint density at radius 3 is 2.25 bits per heavy atom. The summed E-state index contributed by atoms with van der Waals surface area (Å²) in [6.07, 6.45) is 1.11. The van der Waals surface area contributed by atoms with E-state index in [1.807, 2.05) is 0 Å². The molecule has 1 fully saturated rings. The predicted octanol–water partition coefficient (Wildman–Crippen LogP) is 2.71. The smallest absolute Gasteiger partial charge is 0.000394 e. The number of hydrogen-bond donors (Lipinski definition) is 2. The standard InChI is InChI=1S/C18H22N2/c1-2-4-17(5-3-1)18-8-6-15(7-9-18)10-11-19-12-16-13-20-14-16/h1-9,16,19-20H,10-14H2. The van der Waals surface area contributed by atoms with Gasteiger partial charge in [-0.05, 0) is 35.6 Å². The van der Waals surface area contributed by atoms with Crippen molar-refractivity contribution >= 4 is 0 Å². The lowest BCUT2D eigenvalue weighted by molar-refractivity contribution is 0.333. The first-order valence-electron chi connectivity index (χ1n) is 7.47. The molecule has 2 nitrogen and oxygen atoms in total. The van der Waals surface area contributed by atoms with Crippen molar-refractivity contribution in [2.45, 2.75) is 6.42 Å². The van der Waals surface area contributed by atoms with Crippen LogP contribution < -0.4 is 10.6 Å². The maximum Gasteiger partial charge on any atom is 0.000394 e. The molecule has 2 aromatic rings. The average Bonchev–Trinajstić information content (AvgIpc) is 2.47. The molecule has 0 saturated carbocycles. The molecule has 2 aromatic carbocycles. The Bertz CT molecular complexity index is 515. The number of nitrogens with one attached hydrogen (secondary N) is 2. The SMILES string of the molecule is c1ccc(-c2ccc(CCNCC3CNC3)cc2)cc1. The van der Waals surface area contributed by atoms with Gasteiger partial charge in [-0.1, -0.05) is 54.6 Å². The van der Waals surface area contributed by atoms with Gasteiger partial charge in [0.15, 0.2) is 0 Å². The second kappa shape index (κ2) is 6.69. The van der Waals surface area contributed by atoms with Gasteiger partial charge in [0.25, 0.3) is 0 Å². The second-order valence-electron chi connectivity index (χ2n) is 5.54. The van der Waals surface area contributed by atoms with E-state index in [1.54, 1.807) is 0 Å². The van der Waals surface area contributed by atoms with Gasteiger partial charge in [-0.2, -0.15) is 0 Å². The Labute approximate surface area is 121 Å². The molecule has 0 radical (unpaired) electrons. The van der Waals surface area contributed by atoms with Crippen LogP contribution in [-0.4, -0.2) is 26.2 Å². The molecule has 104 valence electrons. The Balaban J connectivity index is 1.48. The number of benzene rings is 2. The van der Waals surface area contributed by atoms with Crippen molar-refractivity contribution in [2.75, 3.05) is 26.2 Å². The van der Waals surface area contributed by atoms with E-state index >= 15 is 0 Å². The third kappa shape index (κ3) is 3.47. The Morgan fingerprint density at radius 2 is 1.60 bits per heavy atom. The molecule has 1 aliphatic rings. The number of hydrogen-bond acceptors (Lipinski definition) is 2. The summed E-state index contributed by atoms with van der Waals surface area (Å²) in [5, 5.41) is 6.84. The molecule has 20 heavy (non-hydrogen) atoms. The van der Waals surface area contributed by atoms with Crippen molar-refractivity contribution in [3.8, 4) is 11.1 Å². The van der Waals surface area contributed by atoms with Crippen molar-refractivity contribution in [2.24, 2.45) is 5.92 Å². The molecule has 0 bridgehead atoms. The summed E-state index contributed by atoms with van der Waals surface area (Å²) in [6.45, 7) is 4.58. The Morgan fingerprint density at radius 1 is 0.900 bits per heavy atom. The molecule has 0 atom stereocenters. The van der Waals surface area contributed by atoms with E-state index in [4.69, 9.17) is 0 Å². The molecule has 0 aromatic heterocycles. The highest BCUT2D eigenvalue weighted by atomic mass is 15.0. The molecular weight excluding hydrogens is 244 g/mol. The van der Waals surface area contributed by atoms with Crippen LogP contribution in [0.5, 0.6) is 0 Å². The van der Waals surface area contributed by atoms with E-state index in [-0.39, 0.29) is 0 Å². The zero-order valence-electron chi connectivity index (χ0n) is 11.8. The topological polar surface area (TPSA) is 24.1 Å². The van der Waals surface area contributed by atoms with Crippen molar-refractivity contribution in [1.29, 1.82) is 0 Å². The summed E-state index contributed by atoms with van der Waals surface area (Å²) < 4.78 is 0. The van der Waals surface area contributed by atoms with Gasteiger partial charge < -0.3 is 10.6 Å². The lowest BCUT2D eigenvalue weighted by atomic mass is 10.0. The molecule has 1 aliphatic heterocycles. The summed E-state index contributed by atoms with van der Waals surface area (Å²) in [4.78, 5) is 0. The van der Waals surface area contributed by atoms with Crippen LogP contribution in [0.3, 0.4) is 0 Å². The summed E-state index contributed by atoms with van der Waals surface area (Å²) in [7, 11) is 0. The predicted molar refractivity (Wildman–Crippen MR) is 84.8 cm³/mol. The molecule has 2 heteroatoms. The van der Waals surface area contributed by atoms with Crippen LogP contribution in [0, 0.1) is 5.92 Å². The lowest BCUT2D eigenvalue weighted by Gasteiger charge is -2.27. The minimum absolute atomic E-state index is 0.843. The van der Waals surface area contributed by atoms with Crippen LogP contribution in [0.4, 0.5) is 0 Å². The molecule has 1 saturated heterocycles. The minimum atomic E-state index is 0.843. The second-order valence-corrected chi connectivity index (χ2v) is 5.54. The fourth-order valence-corrected chi connectivity index (χ4v) is 2.53. The van der Waals surface area contributed by atoms with Crippen LogP contribution in [0.1, 0.15) is 5.56 Å². The summed E-state index contributed by atoms with van der Waals surface area (Å²) in [5.41, 5.74) is 3.99.